The number of benzene rings is 4. The number of halogens is 3. The fourth-order valence-electron chi connectivity index (χ4n) is 5.53. The summed E-state index contributed by atoms with van der Waals surface area (Å²) in [5.74, 6) is 0.897. The van der Waals surface area contributed by atoms with Crippen LogP contribution in [0.15, 0.2) is 91.0 Å². The van der Waals surface area contributed by atoms with Gasteiger partial charge in [-0.1, -0.05) is 48.5 Å². The van der Waals surface area contributed by atoms with Gasteiger partial charge in [0.2, 0.25) is 0 Å². The predicted molar refractivity (Wildman–Crippen MR) is 166 cm³/mol. The molecule has 0 atom stereocenters. The topological polar surface area (TPSA) is 70.7 Å². The number of alkyl halides is 3. The summed E-state index contributed by atoms with van der Waals surface area (Å²) in [6, 6.07) is 26.5. The second-order valence-corrected chi connectivity index (χ2v) is 11.2. The van der Waals surface area contributed by atoms with Gasteiger partial charge in [0, 0.05) is 50.4 Å². The van der Waals surface area contributed by atoms with Crippen LogP contribution in [-0.4, -0.2) is 59.0 Å². The van der Waals surface area contributed by atoms with Crippen molar-refractivity contribution in [2.75, 3.05) is 33.3 Å². The van der Waals surface area contributed by atoms with Crippen LogP contribution in [0.5, 0.6) is 5.75 Å². The molecule has 0 amide bonds. The van der Waals surface area contributed by atoms with Crippen LogP contribution in [0, 0.1) is 0 Å². The Kier molecular flexibility index (Phi) is 8.86. The number of H-pyrrole nitrogens is 1. The van der Waals surface area contributed by atoms with E-state index in [9.17, 15) is 18.0 Å². The van der Waals surface area contributed by atoms with Crippen LogP contribution in [0.25, 0.3) is 22.4 Å². The lowest BCUT2D eigenvalue weighted by Crippen LogP contribution is -2.45. The van der Waals surface area contributed by atoms with E-state index < -0.39 is 11.7 Å². The first-order chi connectivity index (χ1) is 21.7. The van der Waals surface area contributed by atoms with Crippen molar-refractivity contribution in [1.29, 1.82) is 0 Å². The number of carbonyl (C=O) groups is 1. The largest absolute Gasteiger partial charge is 0.489 e. The molecule has 2 heterocycles. The SMILES string of the molecule is COC(=O)c1ccc(COc2ccccc2CN2CCN(Cc3ccc4[nH]c(-c5cccc(C(F)(F)F)c5)nc4c3)CC2)cc1. The van der Waals surface area contributed by atoms with Crippen molar-refractivity contribution in [1.82, 2.24) is 19.8 Å². The van der Waals surface area contributed by atoms with Crippen molar-refractivity contribution in [3.05, 3.63) is 119 Å². The summed E-state index contributed by atoms with van der Waals surface area (Å²) in [4.78, 5) is 24.3. The summed E-state index contributed by atoms with van der Waals surface area (Å²) in [5, 5.41) is 0. The minimum Gasteiger partial charge on any atom is -0.489 e. The third-order valence-electron chi connectivity index (χ3n) is 8.02. The van der Waals surface area contributed by atoms with E-state index in [4.69, 9.17) is 9.47 Å². The van der Waals surface area contributed by atoms with Gasteiger partial charge in [-0.3, -0.25) is 9.80 Å². The number of esters is 1. The lowest BCUT2D eigenvalue weighted by molar-refractivity contribution is -0.137. The first-order valence-corrected chi connectivity index (χ1v) is 14.7. The lowest BCUT2D eigenvalue weighted by Gasteiger charge is -2.35. The Labute approximate surface area is 259 Å². The maximum atomic E-state index is 13.2. The number of hydrogen-bond donors (Lipinski definition) is 1. The van der Waals surface area contributed by atoms with E-state index in [0.29, 0.717) is 23.6 Å². The van der Waals surface area contributed by atoms with Crippen LogP contribution in [0.4, 0.5) is 13.2 Å². The van der Waals surface area contributed by atoms with Gasteiger partial charge in [0.15, 0.2) is 0 Å². The van der Waals surface area contributed by atoms with E-state index in [0.717, 1.165) is 84.9 Å². The molecule has 0 spiro atoms. The van der Waals surface area contributed by atoms with Crippen LogP contribution in [0.3, 0.4) is 0 Å². The Bertz CT molecular complexity index is 1780. The molecule has 1 fully saturated rings. The van der Waals surface area contributed by atoms with E-state index >= 15 is 0 Å². The highest BCUT2D eigenvalue weighted by atomic mass is 19.4. The molecule has 0 saturated carbocycles. The Morgan fingerprint density at radius 3 is 2.29 bits per heavy atom. The fraction of sp³-hybridized carbons (Fsp3) is 0.257. The number of imidazole rings is 1. The number of rotatable bonds is 9. The molecular weight excluding hydrogens is 581 g/mol. The predicted octanol–water partition coefficient (Wildman–Crippen LogP) is 6.93. The summed E-state index contributed by atoms with van der Waals surface area (Å²) in [5.41, 5.74) is 4.93. The van der Waals surface area contributed by atoms with Gasteiger partial charge >= 0.3 is 12.1 Å². The van der Waals surface area contributed by atoms with Gasteiger partial charge in [0.25, 0.3) is 0 Å². The van der Waals surface area contributed by atoms with Crippen molar-refractivity contribution < 1.29 is 27.4 Å². The van der Waals surface area contributed by atoms with Crippen molar-refractivity contribution in [2.45, 2.75) is 25.9 Å². The second kappa shape index (κ2) is 13.1. The molecule has 10 heteroatoms. The molecule has 0 radical (unpaired) electrons. The van der Waals surface area contributed by atoms with E-state index in [2.05, 4.69) is 25.8 Å². The standard InChI is InChI=1S/C35H33F3N4O3/c1-44-34(43)26-12-9-24(10-13-26)23-45-32-8-3-2-5-28(32)22-42-17-15-41(16-18-42)21-25-11-14-30-31(19-25)40-33(39-30)27-6-4-7-29(20-27)35(36,37)38/h2-14,19-20H,15-18,21-23H2,1H3,(H,39,40). The molecule has 45 heavy (non-hydrogen) atoms. The van der Waals surface area contributed by atoms with Crippen molar-refractivity contribution >= 4 is 17.0 Å². The number of carbonyl (C=O) groups excluding carboxylic acids is 1. The third-order valence-corrected chi connectivity index (χ3v) is 8.02. The van der Waals surface area contributed by atoms with Crippen molar-refractivity contribution in [3.8, 4) is 17.1 Å². The molecule has 4 aromatic carbocycles. The van der Waals surface area contributed by atoms with E-state index in [1.165, 1.54) is 13.2 Å². The zero-order chi connectivity index (χ0) is 31.4. The Hall–Kier alpha value is -4.67. The smallest absolute Gasteiger partial charge is 0.416 e. The first-order valence-electron chi connectivity index (χ1n) is 14.7. The van der Waals surface area contributed by atoms with E-state index in [1.807, 2.05) is 48.5 Å². The molecule has 1 N–H and O–H groups in total. The van der Waals surface area contributed by atoms with Crippen LogP contribution in [-0.2, 0) is 30.6 Å². The monoisotopic (exact) mass is 614 g/mol. The van der Waals surface area contributed by atoms with Gasteiger partial charge < -0.3 is 14.5 Å². The second-order valence-electron chi connectivity index (χ2n) is 11.2. The first kappa shape index (κ1) is 30.4. The van der Waals surface area contributed by atoms with Crippen LogP contribution in [0.1, 0.15) is 32.6 Å². The molecule has 5 aromatic rings. The Morgan fingerprint density at radius 2 is 1.56 bits per heavy atom. The minimum absolute atomic E-state index is 0.363. The highest BCUT2D eigenvalue weighted by Crippen LogP contribution is 2.32. The van der Waals surface area contributed by atoms with Gasteiger partial charge in [-0.25, -0.2) is 9.78 Å². The molecule has 0 bridgehead atoms. The number of aromatic amines is 1. The number of ether oxygens (including phenoxy) is 2. The van der Waals surface area contributed by atoms with E-state index in [-0.39, 0.29) is 5.97 Å². The summed E-state index contributed by atoms with van der Waals surface area (Å²) in [6.07, 6.45) is -4.40. The minimum atomic E-state index is -4.40. The summed E-state index contributed by atoms with van der Waals surface area (Å²) in [6.45, 7) is 5.58. The molecule has 7 nitrogen and oxygen atoms in total. The van der Waals surface area contributed by atoms with E-state index in [1.54, 1.807) is 18.2 Å². The summed E-state index contributed by atoms with van der Waals surface area (Å²) < 4.78 is 50.5. The number of hydrogen-bond acceptors (Lipinski definition) is 6. The van der Waals surface area contributed by atoms with Crippen molar-refractivity contribution in [3.63, 3.8) is 0 Å². The van der Waals surface area contributed by atoms with Gasteiger partial charge in [-0.05, 0) is 53.6 Å². The zero-order valence-electron chi connectivity index (χ0n) is 24.8. The maximum Gasteiger partial charge on any atom is 0.416 e. The fourth-order valence-corrected chi connectivity index (χ4v) is 5.53. The molecule has 0 unspecified atom stereocenters. The number of methoxy groups -OCH3 is 1. The number of para-hydroxylation sites is 1. The summed E-state index contributed by atoms with van der Waals surface area (Å²) >= 11 is 0. The highest BCUT2D eigenvalue weighted by Gasteiger charge is 2.30. The molecule has 1 aromatic heterocycles. The average Bonchev–Trinajstić information content (AvgIpc) is 3.48. The number of nitrogens with zero attached hydrogens (tertiary/aromatic N) is 3. The number of piperazine rings is 1. The number of fused-ring (bicyclic) bond motifs is 1. The van der Waals surface area contributed by atoms with Gasteiger partial charge in [0.1, 0.15) is 18.2 Å². The molecular formula is C35H33F3N4O3. The van der Waals surface area contributed by atoms with Gasteiger partial charge in [0.05, 0.1) is 29.3 Å². The zero-order valence-corrected chi connectivity index (χ0v) is 24.8. The molecule has 0 aliphatic carbocycles. The molecule has 1 aliphatic heterocycles. The van der Waals surface area contributed by atoms with Crippen LogP contribution >= 0.6 is 0 Å². The maximum absolute atomic E-state index is 13.2. The van der Waals surface area contributed by atoms with Crippen LogP contribution in [0.2, 0.25) is 0 Å². The molecule has 1 saturated heterocycles. The number of nitrogens with one attached hydrogen (secondary N) is 1. The quantitative estimate of drug-likeness (QED) is 0.182. The molecule has 6 rings (SSSR count). The van der Waals surface area contributed by atoms with Gasteiger partial charge in [-0.2, -0.15) is 13.2 Å². The van der Waals surface area contributed by atoms with Crippen molar-refractivity contribution in [2.24, 2.45) is 0 Å². The number of aromatic nitrogens is 2. The third kappa shape index (κ3) is 7.35. The Balaban J connectivity index is 1.03. The summed E-state index contributed by atoms with van der Waals surface area (Å²) in [7, 11) is 1.36. The lowest BCUT2D eigenvalue weighted by atomic mass is 10.1. The average molecular weight is 615 g/mol. The highest BCUT2D eigenvalue weighted by molar-refractivity contribution is 5.89. The molecule has 1 aliphatic rings. The van der Waals surface area contributed by atoms with Crippen LogP contribution < -0.4 is 4.74 Å². The Morgan fingerprint density at radius 1 is 0.844 bits per heavy atom. The van der Waals surface area contributed by atoms with Gasteiger partial charge in [-0.15, -0.1) is 0 Å². The molecule has 232 valence electrons. The normalized spacial score (nSPS) is 14.5.